The highest BCUT2D eigenvalue weighted by atomic mass is 19.1. The largest absolute Gasteiger partial charge is 0.496 e. The molecule has 0 radical (unpaired) electrons. The maximum atomic E-state index is 13.7. The Bertz CT molecular complexity index is 770. The van der Waals surface area contributed by atoms with Gasteiger partial charge in [0.25, 0.3) is 5.91 Å². The molecule has 0 bridgehead atoms. The number of amides is 2. The van der Waals surface area contributed by atoms with Gasteiger partial charge in [-0.15, -0.1) is 0 Å². The number of benzene rings is 1. The van der Waals surface area contributed by atoms with E-state index in [0.717, 1.165) is 45.3 Å². The van der Waals surface area contributed by atoms with Crippen LogP contribution >= 0.6 is 0 Å². The van der Waals surface area contributed by atoms with Gasteiger partial charge in [0, 0.05) is 39.2 Å². The zero-order valence-electron chi connectivity index (χ0n) is 17.0. The lowest BCUT2D eigenvalue weighted by atomic mass is 9.72. The Kier molecular flexibility index (Phi) is 5.76. The van der Waals surface area contributed by atoms with Crippen LogP contribution in [-0.4, -0.2) is 67.6 Å². The number of piperidine rings is 2. The van der Waals surface area contributed by atoms with E-state index in [1.54, 1.807) is 4.90 Å². The number of ether oxygens (including phenoxy) is 2. The fraction of sp³-hybridized carbons (Fsp3) is 0.636. The number of carbonyl (C=O) groups excluding carboxylic acids is 2. The Morgan fingerprint density at radius 3 is 2.79 bits per heavy atom. The average Bonchev–Trinajstić information content (AvgIpc) is 3.24. The van der Waals surface area contributed by atoms with Crippen molar-refractivity contribution >= 4 is 11.8 Å². The number of hydrogen-bond acceptors (Lipinski definition) is 4. The van der Waals surface area contributed by atoms with Gasteiger partial charge in [-0.3, -0.25) is 9.59 Å². The zero-order valence-corrected chi connectivity index (χ0v) is 17.0. The summed E-state index contributed by atoms with van der Waals surface area (Å²) in [5.41, 5.74) is 0.331. The van der Waals surface area contributed by atoms with Crippen LogP contribution in [0.2, 0.25) is 0 Å². The third-order valence-corrected chi connectivity index (χ3v) is 6.70. The van der Waals surface area contributed by atoms with Gasteiger partial charge in [0.1, 0.15) is 11.6 Å². The van der Waals surface area contributed by atoms with Gasteiger partial charge < -0.3 is 19.3 Å². The van der Waals surface area contributed by atoms with Gasteiger partial charge in [-0.2, -0.15) is 0 Å². The molecule has 0 saturated carbocycles. The van der Waals surface area contributed by atoms with Crippen LogP contribution in [0.25, 0.3) is 0 Å². The molecule has 1 aromatic rings. The van der Waals surface area contributed by atoms with Crippen molar-refractivity contribution in [3.8, 4) is 5.75 Å². The highest BCUT2D eigenvalue weighted by molar-refractivity contribution is 5.97. The molecule has 29 heavy (non-hydrogen) atoms. The maximum Gasteiger partial charge on any atom is 0.257 e. The second-order valence-corrected chi connectivity index (χ2v) is 8.55. The minimum atomic E-state index is -0.446. The molecule has 158 valence electrons. The van der Waals surface area contributed by atoms with Crippen LogP contribution in [0, 0.1) is 11.2 Å². The molecule has 0 aromatic heterocycles. The topological polar surface area (TPSA) is 59.1 Å². The predicted octanol–water partition coefficient (Wildman–Crippen LogP) is 2.86. The van der Waals surface area contributed by atoms with Crippen molar-refractivity contribution in [1.82, 2.24) is 9.80 Å². The summed E-state index contributed by atoms with van der Waals surface area (Å²) < 4.78 is 24.6. The third kappa shape index (κ3) is 4.25. The molecule has 0 N–H and O–H groups in total. The monoisotopic (exact) mass is 404 g/mol. The second kappa shape index (κ2) is 8.30. The minimum absolute atomic E-state index is 0.0648. The summed E-state index contributed by atoms with van der Waals surface area (Å²) in [6.45, 7) is 3.44. The standard InChI is InChI=1S/C22H29FN2O4/c1-28-19-5-4-16(23)13-18(19)21(27)24-10-8-22(9-11-24)7-6-20(26)25(15-22)14-17-3-2-12-29-17/h4-5,13,17H,2-3,6-12,14-15H2,1H3/t17-/m1/s1. The molecule has 3 fully saturated rings. The van der Waals surface area contributed by atoms with Crippen LogP contribution in [-0.2, 0) is 9.53 Å². The Labute approximate surface area is 170 Å². The normalized spacial score (nSPS) is 24.2. The van der Waals surface area contributed by atoms with Crippen LogP contribution in [0.15, 0.2) is 18.2 Å². The number of rotatable bonds is 4. The summed E-state index contributed by atoms with van der Waals surface area (Å²) in [6, 6.07) is 4.03. The lowest BCUT2D eigenvalue weighted by Crippen LogP contribution is -2.53. The Morgan fingerprint density at radius 2 is 2.10 bits per heavy atom. The number of nitrogens with zero attached hydrogens (tertiary/aromatic N) is 2. The average molecular weight is 404 g/mol. The highest BCUT2D eigenvalue weighted by Crippen LogP contribution is 2.41. The molecule has 3 saturated heterocycles. The molecular formula is C22H29FN2O4. The number of likely N-dealkylation sites (tertiary alicyclic amines) is 2. The van der Waals surface area contributed by atoms with Crippen LogP contribution in [0.5, 0.6) is 5.75 Å². The summed E-state index contributed by atoms with van der Waals surface area (Å²) >= 11 is 0. The molecule has 1 atom stereocenters. The molecule has 3 aliphatic rings. The van der Waals surface area contributed by atoms with Crippen molar-refractivity contribution in [3.63, 3.8) is 0 Å². The van der Waals surface area contributed by atoms with Gasteiger partial charge in [-0.1, -0.05) is 0 Å². The van der Waals surface area contributed by atoms with Crippen LogP contribution < -0.4 is 4.74 Å². The smallest absolute Gasteiger partial charge is 0.257 e. The van der Waals surface area contributed by atoms with Crippen molar-refractivity contribution in [2.24, 2.45) is 5.41 Å². The van der Waals surface area contributed by atoms with Gasteiger partial charge in [-0.25, -0.2) is 4.39 Å². The highest BCUT2D eigenvalue weighted by Gasteiger charge is 2.42. The van der Waals surface area contributed by atoms with Crippen molar-refractivity contribution in [1.29, 1.82) is 0 Å². The quantitative estimate of drug-likeness (QED) is 0.774. The minimum Gasteiger partial charge on any atom is -0.496 e. The SMILES string of the molecule is COc1ccc(F)cc1C(=O)N1CCC2(CCC(=O)N(C[C@H]3CCCO3)C2)CC1. The molecule has 3 aliphatic heterocycles. The first kappa shape index (κ1) is 20.1. The van der Waals surface area contributed by atoms with E-state index in [0.29, 0.717) is 31.8 Å². The summed E-state index contributed by atoms with van der Waals surface area (Å²) in [4.78, 5) is 29.1. The van der Waals surface area contributed by atoms with Crippen molar-refractivity contribution in [2.75, 3.05) is 39.9 Å². The van der Waals surface area contributed by atoms with Gasteiger partial charge in [0.05, 0.1) is 18.8 Å². The molecule has 7 heteroatoms. The first-order chi connectivity index (χ1) is 14.0. The molecule has 3 heterocycles. The maximum absolute atomic E-state index is 13.7. The zero-order chi connectivity index (χ0) is 20.4. The summed E-state index contributed by atoms with van der Waals surface area (Å²) in [6.07, 6.45) is 5.40. The van der Waals surface area contributed by atoms with E-state index in [4.69, 9.17) is 9.47 Å². The molecule has 1 aromatic carbocycles. The lowest BCUT2D eigenvalue weighted by molar-refractivity contribution is -0.141. The van der Waals surface area contributed by atoms with E-state index in [2.05, 4.69) is 0 Å². The number of halogens is 1. The van der Waals surface area contributed by atoms with Crippen molar-refractivity contribution in [2.45, 2.75) is 44.6 Å². The van der Waals surface area contributed by atoms with E-state index in [1.165, 1.54) is 25.3 Å². The summed E-state index contributed by atoms with van der Waals surface area (Å²) in [5.74, 6) is -0.0330. The van der Waals surface area contributed by atoms with Gasteiger partial charge in [-0.05, 0) is 55.7 Å². The molecule has 6 nitrogen and oxygen atoms in total. The van der Waals surface area contributed by atoms with Crippen molar-refractivity contribution in [3.05, 3.63) is 29.6 Å². The number of hydrogen-bond donors (Lipinski definition) is 0. The number of carbonyl (C=O) groups is 2. The molecule has 0 unspecified atom stereocenters. The van der Waals surface area contributed by atoms with Crippen LogP contribution in [0.1, 0.15) is 48.9 Å². The van der Waals surface area contributed by atoms with Crippen LogP contribution in [0.3, 0.4) is 0 Å². The Hall–Kier alpha value is -2.15. The van der Waals surface area contributed by atoms with Gasteiger partial charge >= 0.3 is 0 Å². The third-order valence-electron chi connectivity index (χ3n) is 6.70. The molecule has 1 spiro atoms. The van der Waals surface area contributed by atoms with Gasteiger partial charge in [0.15, 0.2) is 0 Å². The first-order valence-electron chi connectivity index (χ1n) is 10.5. The van der Waals surface area contributed by atoms with E-state index < -0.39 is 5.82 Å². The Balaban J connectivity index is 1.40. The van der Waals surface area contributed by atoms with E-state index in [1.807, 2.05) is 4.90 Å². The molecule has 0 aliphatic carbocycles. The molecule has 2 amide bonds. The second-order valence-electron chi connectivity index (χ2n) is 8.55. The fourth-order valence-electron chi connectivity index (χ4n) is 4.91. The summed E-state index contributed by atoms with van der Waals surface area (Å²) in [7, 11) is 1.48. The van der Waals surface area contributed by atoms with E-state index in [9.17, 15) is 14.0 Å². The lowest BCUT2D eigenvalue weighted by Gasteiger charge is -2.47. The number of methoxy groups -OCH3 is 1. The Morgan fingerprint density at radius 1 is 1.31 bits per heavy atom. The summed E-state index contributed by atoms with van der Waals surface area (Å²) in [5, 5.41) is 0. The van der Waals surface area contributed by atoms with E-state index >= 15 is 0 Å². The van der Waals surface area contributed by atoms with E-state index in [-0.39, 0.29) is 28.9 Å². The first-order valence-corrected chi connectivity index (χ1v) is 10.5. The predicted molar refractivity (Wildman–Crippen MR) is 105 cm³/mol. The molecular weight excluding hydrogens is 375 g/mol. The molecule has 4 rings (SSSR count). The van der Waals surface area contributed by atoms with Crippen molar-refractivity contribution < 1.29 is 23.5 Å². The van der Waals surface area contributed by atoms with Gasteiger partial charge in [0.2, 0.25) is 5.91 Å². The van der Waals surface area contributed by atoms with Crippen LogP contribution in [0.4, 0.5) is 4.39 Å². The fourth-order valence-corrected chi connectivity index (χ4v) is 4.91.